The zero-order valence-corrected chi connectivity index (χ0v) is 11.2. The third kappa shape index (κ3) is 2.59. The highest BCUT2D eigenvalue weighted by Gasteiger charge is 2.07. The minimum atomic E-state index is 0.377. The maximum absolute atomic E-state index is 10.1. The zero-order chi connectivity index (χ0) is 13.1. The molecule has 0 heterocycles. The summed E-state index contributed by atoms with van der Waals surface area (Å²) >= 11 is 1.74. The van der Waals surface area contributed by atoms with Gasteiger partial charge in [0.1, 0.15) is 5.75 Å². The molecule has 0 fully saturated rings. The largest absolute Gasteiger partial charge is 0.508 e. The molecule has 3 aromatic carbocycles. The van der Waals surface area contributed by atoms with Crippen molar-refractivity contribution in [1.82, 2.24) is 0 Å². The first-order valence-corrected chi connectivity index (χ1v) is 7.20. The Labute approximate surface area is 116 Å². The number of hydrogen-bond donors (Lipinski definition) is 1. The fraction of sp³-hybridized carbons (Fsp3) is 0.0588. The quantitative estimate of drug-likeness (QED) is 0.685. The van der Waals surface area contributed by atoms with Crippen LogP contribution in [0.25, 0.3) is 10.8 Å². The standard InChI is InChI=1S/C17H14OS/c18-17-11-10-13-6-4-5-9-15(13)16(17)12-19-14-7-2-1-3-8-14/h1-11,18H,12H2. The molecule has 19 heavy (non-hydrogen) atoms. The van der Waals surface area contributed by atoms with Crippen LogP contribution in [0.3, 0.4) is 0 Å². The fourth-order valence-electron chi connectivity index (χ4n) is 2.15. The summed E-state index contributed by atoms with van der Waals surface area (Å²) in [4.78, 5) is 1.22. The number of phenols is 1. The van der Waals surface area contributed by atoms with Crippen LogP contribution in [0.1, 0.15) is 5.56 Å². The third-order valence-corrected chi connectivity index (χ3v) is 4.18. The molecule has 0 aromatic heterocycles. The van der Waals surface area contributed by atoms with Crippen molar-refractivity contribution < 1.29 is 5.11 Å². The van der Waals surface area contributed by atoms with Crippen LogP contribution in [0.5, 0.6) is 5.75 Å². The van der Waals surface area contributed by atoms with Crippen LogP contribution in [0.4, 0.5) is 0 Å². The van der Waals surface area contributed by atoms with Gasteiger partial charge in [0.25, 0.3) is 0 Å². The summed E-state index contributed by atoms with van der Waals surface area (Å²) in [7, 11) is 0. The number of benzene rings is 3. The van der Waals surface area contributed by atoms with E-state index in [4.69, 9.17) is 0 Å². The Balaban J connectivity index is 1.94. The maximum Gasteiger partial charge on any atom is 0.120 e. The molecule has 1 N–H and O–H groups in total. The number of phenolic OH excluding ortho intramolecular Hbond substituents is 1. The summed E-state index contributed by atoms with van der Waals surface area (Å²) < 4.78 is 0. The van der Waals surface area contributed by atoms with Crippen LogP contribution in [0, 0.1) is 0 Å². The second-order valence-electron chi connectivity index (χ2n) is 4.39. The van der Waals surface area contributed by atoms with Crippen LogP contribution >= 0.6 is 11.8 Å². The first-order valence-electron chi connectivity index (χ1n) is 6.22. The maximum atomic E-state index is 10.1. The van der Waals surface area contributed by atoms with Crippen molar-refractivity contribution in [1.29, 1.82) is 0 Å². The smallest absolute Gasteiger partial charge is 0.120 e. The highest BCUT2D eigenvalue weighted by atomic mass is 32.2. The summed E-state index contributed by atoms with van der Waals surface area (Å²) in [5.41, 5.74) is 1.01. The molecule has 3 rings (SSSR count). The molecule has 0 aliphatic heterocycles. The van der Waals surface area contributed by atoms with Gasteiger partial charge in [0.15, 0.2) is 0 Å². The molecule has 3 aromatic rings. The van der Waals surface area contributed by atoms with Gasteiger partial charge in [-0.3, -0.25) is 0 Å². The lowest BCUT2D eigenvalue weighted by molar-refractivity contribution is 0.472. The number of aromatic hydroxyl groups is 1. The van der Waals surface area contributed by atoms with Gasteiger partial charge in [-0.25, -0.2) is 0 Å². The molecule has 0 spiro atoms. The molecule has 0 bridgehead atoms. The normalized spacial score (nSPS) is 10.7. The number of rotatable bonds is 3. The lowest BCUT2D eigenvalue weighted by Gasteiger charge is -2.09. The molecule has 0 saturated carbocycles. The molecular formula is C17H14OS. The monoisotopic (exact) mass is 266 g/mol. The molecule has 0 amide bonds. The van der Waals surface area contributed by atoms with E-state index in [1.807, 2.05) is 36.4 Å². The Kier molecular flexibility index (Phi) is 3.43. The number of hydrogen-bond acceptors (Lipinski definition) is 2. The Hall–Kier alpha value is -1.93. The molecule has 0 saturated heterocycles. The number of fused-ring (bicyclic) bond motifs is 1. The van der Waals surface area contributed by atoms with E-state index in [0.717, 1.165) is 16.7 Å². The van der Waals surface area contributed by atoms with E-state index in [-0.39, 0.29) is 0 Å². The summed E-state index contributed by atoms with van der Waals surface area (Å²) in [6.07, 6.45) is 0. The van der Waals surface area contributed by atoms with Crippen molar-refractivity contribution in [2.75, 3.05) is 0 Å². The molecule has 0 atom stereocenters. The van der Waals surface area contributed by atoms with E-state index in [2.05, 4.69) is 24.3 Å². The van der Waals surface area contributed by atoms with E-state index >= 15 is 0 Å². The van der Waals surface area contributed by atoms with Gasteiger partial charge < -0.3 is 5.11 Å². The first kappa shape index (κ1) is 12.1. The lowest BCUT2D eigenvalue weighted by atomic mass is 10.0. The van der Waals surface area contributed by atoms with Gasteiger partial charge in [-0.2, -0.15) is 0 Å². The Morgan fingerprint density at radius 3 is 2.37 bits per heavy atom. The molecule has 0 aliphatic carbocycles. The summed E-state index contributed by atoms with van der Waals surface area (Å²) in [5.74, 6) is 1.15. The molecule has 0 unspecified atom stereocenters. The van der Waals surface area contributed by atoms with E-state index in [1.54, 1.807) is 17.8 Å². The van der Waals surface area contributed by atoms with Crippen molar-refractivity contribution >= 4 is 22.5 Å². The van der Waals surface area contributed by atoms with Gasteiger partial charge >= 0.3 is 0 Å². The van der Waals surface area contributed by atoms with Crippen LogP contribution in [0.15, 0.2) is 71.6 Å². The van der Waals surface area contributed by atoms with Crippen LogP contribution in [-0.2, 0) is 5.75 Å². The third-order valence-electron chi connectivity index (χ3n) is 3.14. The van der Waals surface area contributed by atoms with E-state index in [1.165, 1.54) is 10.3 Å². The predicted molar refractivity (Wildman–Crippen MR) is 81.6 cm³/mol. The van der Waals surface area contributed by atoms with E-state index < -0.39 is 0 Å². The van der Waals surface area contributed by atoms with Crippen LogP contribution in [-0.4, -0.2) is 5.11 Å². The van der Waals surface area contributed by atoms with Crippen molar-refractivity contribution in [3.05, 3.63) is 72.3 Å². The van der Waals surface area contributed by atoms with Crippen LogP contribution in [0.2, 0.25) is 0 Å². The Morgan fingerprint density at radius 2 is 1.53 bits per heavy atom. The molecule has 94 valence electrons. The van der Waals surface area contributed by atoms with E-state index in [9.17, 15) is 5.11 Å². The van der Waals surface area contributed by atoms with Gasteiger partial charge in [-0.05, 0) is 29.0 Å². The summed E-state index contributed by atoms with van der Waals surface area (Å²) in [5, 5.41) is 12.4. The lowest BCUT2D eigenvalue weighted by Crippen LogP contribution is -1.85. The minimum absolute atomic E-state index is 0.377. The van der Waals surface area contributed by atoms with Gasteiger partial charge in [0.05, 0.1) is 0 Å². The van der Waals surface area contributed by atoms with Crippen molar-refractivity contribution in [2.24, 2.45) is 0 Å². The van der Waals surface area contributed by atoms with Crippen molar-refractivity contribution in [2.45, 2.75) is 10.6 Å². The molecule has 0 radical (unpaired) electrons. The zero-order valence-electron chi connectivity index (χ0n) is 10.4. The van der Waals surface area contributed by atoms with Gasteiger partial charge in [0.2, 0.25) is 0 Å². The minimum Gasteiger partial charge on any atom is -0.508 e. The van der Waals surface area contributed by atoms with Crippen LogP contribution < -0.4 is 0 Å². The predicted octanol–water partition coefficient (Wildman–Crippen LogP) is 4.84. The van der Waals surface area contributed by atoms with Gasteiger partial charge in [0, 0.05) is 16.2 Å². The van der Waals surface area contributed by atoms with E-state index in [0.29, 0.717) is 5.75 Å². The molecular weight excluding hydrogens is 252 g/mol. The second kappa shape index (κ2) is 5.37. The average molecular weight is 266 g/mol. The number of thioether (sulfide) groups is 1. The first-order chi connectivity index (χ1) is 9.34. The molecule has 0 aliphatic rings. The van der Waals surface area contributed by atoms with Crippen molar-refractivity contribution in [3.63, 3.8) is 0 Å². The molecule has 1 nitrogen and oxygen atoms in total. The Morgan fingerprint density at radius 1 is 0.789 bits per heavy atom. The summed E-state index contributed by atoms with van der Waals surface area (Å²) in [6.45, 7) is 0. The van der Waals surface area contributed by atoms with Gasteiger partial charge in [-0.1, -0.05) is 48.5 Å². The highest BCUT2D eigenvalue weighted by Crippen LogP contribution is 2.32. The Bertz CT molecular complexity index is 692. The second-order valence-corrected chi connectivity index (χ2v) is 5.43. The summed E-state index contributed by atoms with van der Waals surface area (Å²) in [6, 6.07) is 22.2. The average Bonchev–Trinajstić information content (AvgIpc) is 2.47. The SMILES string of the molecule is Oc1ccc2ccccc2c1CSc1ccccc1. The highest BCUT2D eigenvalue weighted by molar-refractivity contribution is 7.98. The molecule has 2 heteroatoms. The fourth-order valence-corrected chi connectivity index (χ4v) is 3.11. The van der Waals surface area contributed by atoms with Crippen molar-refractivity contribution in [3.8, 4) is 5.75 Å². The topological polar surface area (TPSA) is 20.2 Å². The van der Waals surface area contributed by atoms with Gasteiger partial charge in [-0.15, -0.1) is 11.8 Å².